The van der Waals surface area contributed by atoms with Crippen LogP contribution in [0.4, 0.5) is 4.39 Å². The molecular formula is C23H33FO3. The number of unbranched alkanes of at least 4 members (excludes halogenated alkanes) is 2. The monoisotopic (exact) mass is 376 g/mol. The van der Waals surface area contributed by atoms with Crippen LogP contribution in [0.25, 0.3) is 0 Å². The number of rotatable bonds is 7. The van der Waals surface area contributed by atoms with Crippen molar-refractivity contribution in [3.63, 3.8) is 0 Å². The third kappa shape index (κ3) is 5.10. The first kappa shape index (κ1) is 20.3. The van der Waals surface area contributed by atoms with Crippen LogP contribution < -0.4 is 0 Å². The van der Waals surface area contributed by atoms with Crippen LogP contribution in [-0.4, -0.2) is 25.8 Å². The van der Waals surface area contributed by atoms with Gasteiger partial charge in [-0.3, -0.25) is 0 Å². The molecule has 0 N–H and O–H groups in total. The van der Waals surface area contributed by atoms with Gasteiger partial charge in [0.05, 0.1) is 18.8 Å². The van der Waals surface area contributed by atoms with Crippen molar-refractivity contribution in [2.75, 3.05) is 13.7 Å². The SMILES string of the molecule is CCCCCOC1CCC2CC(c3ccc(C(=O)OC)cc3F)CCC2C1. The van der Waals surface area contributed by atoms with Gasteiger partial charge in [0.15, 0.2) is 0 Å². The molecule has 3 rings (SSSR count). The molecule has 4 heteroatoms. The summed E-state index contributed by atoms with van der Waals surface area (Å²) in [4.78, 5) is 11.6. The van der Waals surface area contributed by atoms with Crippen LogP contribution >= 0.6 is 0 Å². The minimum atomic E-state index is -0.485. The Labute approximate surface area is 162 Å². The van der Waals surface area contributed by atoms with Crippen molar-refractivity contribution < 1.29 is 18.7 Å². The van der Waals surface area contributed by atoms with Gasteiger partial charge in [0, 0.05) is 6.61 Å². The van der Waals surface area contributed by atoms with Gasteiger partial charge in [-0.05, 0) is 80.4 Å². The smallest absolute Gasteiger partial charge is 0.337 e. The second-order valence-corrected chi connectivity index (χ2v) is 8.27. The maximum atomic E-state index is 14.6. The number of fused-ring (bicyclic) bond motifs is 1. The Morgan fingerprint density at radius 3 is 2.63 bits per heavy atom. The van der Waals surface area contributed by atoms with Crippen LogP contribution in [0.5, 0.6) is 0 Å². The van der Waals surface area contributed by atoms with Gasteiger partial charge in [0.1, 0.15) is 5.82 Å². The summed E-state index contributed by atoms with van der Waals surface area (Å²) in [6, 6.07) is 4.81. The van der Waals surface area contributed by atoms with Crippen LogP contribution in [0.2, 0.25) is 0 Å². The molecule has 2 aliphatic carbocycles. The first-order chi connectivity index (χ1) is 13.1. The third-order valence-corrected chi connectivity index (χ3v) is 6.53. The lowest BCUT2D eigenvalue weighted by Gasteiger charge is -2.42. The van der Waals surface area contributed by atoms with Crippen LogP contribution in [0.1, 0.15) is 86.6 Å². The molecule has 0 radical (unpaired) electrons. The summed E-state index contributed by atoms with van der Waals surface area (Å²) < 4.78 is 25.4. The standard InChI is InChI=1S/C23H33FO3/c1-3-4-5-12-27-20-10-8-16-13-18(7-6-17(16)14-20)21-11-9-19(15-22(21)24)23(25)26-2/h9,11,15-18,20H,3-8,10,12-14H2,1-2H3. The van der Waals surface area contributed by atoms with E-state index in [2.05, 4.69) is 11.7 Å². The average molecular weight is 377 g/mol. The predicted molar refractivity (Wildman–Crippen MR) is 104 cm³/mol. The number of hydrogen-bond acceptors (Lipinski definition) is 3. The predicted octanol–water partition coefficient (Wildman–Crippen LogP) is 5.87. The number of halogens is 1. The van der Waals surface area contributed by atoms with E-state index in [-0.39, 0.29) is 17.3 Å². The maximum Gasteiger partial charge on any atom is 0.337 e. The number of esters is 1. The minimum absolute atomic E-state index is 0.264. The molecule has 0 amide bonds. The Morgan fingerprint density at radius 1 is 1.11 bits per heavy atom. The molecule has 27 heavy (non-hydrogen) atoms. The topological polar surface area (TPSA) is 35.5 Å². The minimum Gasteiger partial charge on any atom is -0.465 e. The molecule has 0 bridgehead atoms. The lowest BCUT2D eigenvalue weighted by atomic mass is 9.65. The molecule has 1 aromatic rings. The summed E-state index contributed by atoms with van der Waals surface area (Å²) in [7, 11) is 1.32. The summed E-state index contributed by atoms with van der Waals surface area (Å²) in [6.07, 6.45) is 10.8. The molecule has 3 nitrogen and oxygen atoms in total. The van der Waals surface area contributed by atoms with Crippen molar-refractivity contribution in [2.24, 2.45) is 11.8 Å². The normalized spacial score (nSPS) is 27.8. The zero-order valence-corrected chi connectivity index (χ0v) is 16.7. The van der Waals surface area contributed by atoms with Gasteiger partial charge >= 0.3 is 5.97 Å². The highest BCUT2D eigenvalue weighted by atomic mass is 19.1. The van der Waals surface area contributed by atoms with E-state index >= 15 is 0 Å². The van der Waals surface area contributed by atoms with Gasteiger partial charge in [-0.2, -0.15) is 0 Å². The molecule has 2 aliphatic rings. The molecule has 4 atom stereocenters. The zero-order valence-electron chi connectivity index (χ0n) is 16.7. The second kappa shape index (κ2) is 9.68. The number of hydrogen-bond donors (Lipinski definition) is 0. The molecule has 0 aliphatic heterocycles. The van der Waals surface area contributed by atoms with E-state index in [1.54, 1.807) is 12.1 Å². The highest BCUT2D eigenvalue weighted by Gasteiger charge is 2.37. The number of carbonyl (C=O) groups excluding carboxylic acids is 1. The summed E-state index contributed by atoms with van der Waals surface area (Å²) in [5.41, 5.74) is 1.05. The van der Waals surface area contributed by atoms with E-state index in [4.69, 9.17) is 4.74 Å². The first-order valence-corrected chi connectivity index (χ1v) is 10.6. The molecular weight excluding hydrogens is 343 g/mol. The number of methoxy groups -OCH3 is 1. The quantitative estimate of drug-likeness (QED) is 0.441. The van der Waals surface area contributed by atoms with Gasteiger partial charge in [0.25, 0.3) is 0 Å². The molecule has 1 aromatic carbocycles. The molecule has 150 valence electrons. The Kier molecular flexibility index (Phi) is 7.28. The van der Waals surface area contributed by atoms with Crippen LogP contribution in [-0.2, 0) is 9.47 Å². The summed E-state index contributed by atoms with van der Waals surface area (Å²) in [5.74, 6) is 0.915. The van der Waals surface area contributed by atoms with Crippen LogP contribution in [0.3, 0.4) is 0 Å². The molecule has 0 spiro atoms. The summed E-state index contributed by atoms with van der Waals surface area (Å²) >= 11 is 0. The fraction of sp³-hybridized carbons (Fsp3) is 0.696. The molecule has 0 aromatic heterocycles. The fourth-order valence-corrected chi connectivity index (χ4v) is 4.99. The van der Waals surface area contributed by atoms with Gasteiger partial charge in [-0.1, -0.05) is 25.8 Å². The van der Waals surface area contributed by atoms with E-state index < -0.39 is 5.97 Å². The van der Waals surface area contributed by atoms with Gasteiger partial charge in [0.2, 0.25) is 0 Å². The third-order valence-electron chi connectivity index (χ3n) is 6.53. The number of carbonyl (C=O) groups is 1. The largest absolute Gasteiger partial charge is 0.465 e. The van der Waals surface area contributed by atoms with E-state index in [9.17, 15) is 9.18 Å². The fourth-order valence-electron chi connectivity index (χ4n) is 4.99. The van der Waals surface area contributed by atoms with Gasteiger partial charge in [-0.15, -0.1) is 0 Å². The van der Waals surface area contributed by atoms with Crippen molar-refractivity contribution >= 4 is 5.97 Å². The molecule has 4 unspecified atom stereocenters. The average Bonchev–Trinajstić information content (AvgIpc) is 2.70. The van der Waals surface area contributed by atoms with Crippen molar-refractivity contribution in [1.29, 1.82) is 0 Å². The van der Waals surface area contributed by atoms with Crippen molar-refractivity contribution in [3.8, 4) is 0 Å². The lowest BCUT2D eigenvalue weighted by molar-refractivity contribution is -0.0164. The van der Waals surface area contributed by atoms with E-state index in [1.807, 2.05) is 0 Å². The Balaban J connectivity index is 1.54. The Bertz CT molecular complexity index is 630. The van der Waals surface area contributed by atoms with Gasteiger partial charge < -0.3 is 9.47 Å². The molecule has 2 fully saturated rings. The van der Waals surface area contributed by atoms with Gasteiger partial charge in [-0.25, -0.2) is 9.18 Å². The van der Waals surface area contributed by atoms with E-state index in [1.165, 1.54) is 45.3 Å². The van der Waals surface area contributed by atoms with Crippen LogP contribution in [0, 0.1) is 17.7 Å². The van der Waals surface area contributed by atoms with Crippen molar-refractivity contribution in [2.45, 2.75) is 76.7 Å². The first-order valence-electron chi connectivity index (χ1n) is 10.6. The highest BCUT2D eigenvalue weighted by molar-refractivity contribution is 5.89. The summed E-state index contributed by atoms with van der Waals surface area (Å²) in [6.45, 7) is 3.12. The maximum absolute atomic E-state index is 14.6. The zero-order chi connectivity index (χ0) is 19.2. The Hall–Kier alpha value is -1.42. The summed E-state index contributed by atoms with van der Waals surface area (Å²) in [5, 5.41) is 0. The highest BCUT2D eigenvalue weighted by Crippen LogP contribution is 2.47. The number of benzene rings is 1. The van der Waals surface area contributed by atoms with Crippen molar-refractivity contribution in [1.82, 2.24) is 0 Å². The molecule has 0 heterocycles. The van der Waals surface area contributed by atoms with E-state index in [0.29, 0.717) is 12.0 Å². The van der Waals surface area contributed by atoms with E-state index in [0.717, 1.165) is 43.8 Å². The van der Waals surface area contributed by atoms with Crippen LogP contribution in [0.15, 0.2) is 18.2 Å². The lowest BCUT2D eigenvalue weighted by Crippen LogP contribution is -2.34. The second-order valence-electron chi connectivity index (χ2n) is 8.27. The Morgan fingerprint density at radius 2 is 1.89 bits per heavy atom. The van der Waals surface area contributed by atoms with Crippen molar-refractivity contribution in [3.05, 3.63) is 35.1 Å². The number of ether oxygens (including phenoxy) is 2. The molecule has 2 saturated carbocycles. The molecule has 0 saturated heterocycles.